The Kier molecular flexibility index (Phi) is 2.99. The van der Waals surface area contributed by atoms with Crippen molar-refractivity contribution in [2.24, 2.45) is 0 Å². The SMILES string of the molecule is O=Cc1ccc(CN2CCCCC2)o1. The zero-order valence-corrected chi connectivity index (χ0v) is 8.24. The Bertz CT molecular complexity index is 300. The molecule has 2 rings (SSSR count). The van der Waals surface area contributed by atoms with E-state index in [4.69, 9.17) is 4.42 Å². The zero-order valence-electron chi connectivity index (χ0n) is 8.24. The minimum absolute atomic E-state index is 0.428. The summed E-state index contributed by atoms with van der Waals surface area (Å²) in [5, 5.41) is 0. The van der Waals surface area contributed by atoms with Gasteiger partial charge in [-0.2, -0.15) is 0 Å². The summed E-state index contributed by atoms with van der Waals surface area (Å²) in [6.07, 6.45) is 4.65. The van der Waals surface area contributed by atoms with Crippen molar-refractivity contribution in [1.82, 2.24) is 4.90 Å². The lowest BCUT2D eigenvalue weighted by molar-refractivity contribution is 0.109. The third kappa shape index (κ3) is 2.23. The largest absolute Gasteiger partial charge is 0.457 e. The molecule has 0 aromatic carbocycles. The minimum Gasteiger partial charge on any atom is -0.457 e. The van der Waals surface area contributed by atoms with E-state index in [-0.39, 0.29) is 0 Å². The number of furan rings is 1. The molecule has 3 heteroatoms. The van der Waals surface area contributed by atoms with Crippen LogP contribution in [0, 0.1) is 0 Å². The number of aldehydes is 1. The molecule has 0 atom stereocenters. The molecule has 1 aromatic heterocycles. The van der Waals surface area contributed by atoms with Crippen LogP contribution in [0.2, 0.25) is 0 Å². The van der Waals surface area contributed by atoms with Crippen molar-refractivity contribution in [2.75, 3.05) is 13.1 Å². The van der Waals surface area contributed by atoms with E-state index in [0.29, 0.717) is 5.76 Å². The van der Waals surface area contributed by atoms with Crippen LogP contribution in [0.25, 0.3) is 0 Å². The maximum absolute atomic E-state index is 10.4. The van der Waals surface area contributed by atoms with Crippen molar-refractivity contribution in [2.45, 2.75) is 25.8 Å². The summed E-state index contributed by atoms with van der Waals surface area (Å²) < 4.78 is 5.33. The number of carbonyl (C=O) groups excluding carboxylic acids is 1. The predicted molar refractivity (Wildman–Crippen MR) is 53.2 cm³/mol. The van der Waals surface area contributed by atoms with Crippen LogP contribution in [0.4, 0.5) is 0 Å². The van der Waals surface area contributed by atoms with Crippen LogP contribution in [0.3, 0.4) is 0 Å². The van der Waals surface area contributed by atoms with Gasteiger partial charge in [0.15, 0.2) is 12.0 Å². The summed E-state index contributed by atoms with van der Waals surface area (Å²) in [6, 6.07) is 3.62. The maximum atomic E-state index is 10.4. The van der Waals surface area contributed by atoms with E-state index in [1.807, 2.05) is 6.07 Å². The molecule has 0 bridgehead atoms. The smallest absolute Gasteiger partial charge is 0.185 e. The second-order valence-electron chi connectivity index (χ2n) is 3.76. The van der Waals surface area contributed by atoms with E-state index in [9.17, 15) is 4.79 Å². The summed E-state index contributed by atoms with van der Waals surface area (Å²) >= 11 is 0. The summed E-state index contributed by atoms with van der Waals surface area (Å²) in [5.41, 5.74) is 0. The van der Waals surface area contributed by atoms with Crippen LogP contribution < -0.4 is 0 Å². The van der Waals surface area contributed by atoms with Crippen molar-refractivity contribution in [3.05, 3.63) is 23.7 Å². The first-order valence-electron chi connectivity index (χ1n) is 5.15. The molecular weight excluding hydrogens is 178 g/mol. The average molecular weight is 193 g/mol. The average Bonchev–Trinajstić information content (AvgIpc) is 2.67. The molecule has 2 heterocycles. The number of carbonyl (C=O) groups is 1. The molecule has 0 amide bonds. The summed E-state index contributed by atoms with van der Waals surface area (Å²) in [4.78, 5) is 12.8. The van der Waals surface area contributed by atoms with Gasteiger partial charge in [-0.1, -0.05) is 6.42 Å². The molecule has 3 nitrogen and oxygen atoms in total. The standard InChI is InChI=1S/C11H15NO2/c13-9-11-5-4-10(14-11)8-12-6-2-1-3-7-12/h4-5,9H,1-3,6-8H2. The highest BCUT2D eigenvalue weighted by atomic mass is 16.3. The molecular formula is C11H15NO2. The molecule has 1 aromatic rings. The van der Waals surface area contributed by atoms with Gasteiger partial charge in [-0.05, 0) is 38.1 Å². The monoisotopic (exact) mass is 193 g/mol. The highest BCUT2D eigenvalue weighted by Gasteiger charge is 2.12. The van der Waals surface area contributed by atoms with Gasteiger partial charge in [-0.15, -0.1) is 0 Å². The molecule has 1 saturated heterocycles. The molecule has 0 aliphatic carbocycles. The minimum atomic E-state index is 0.428. The van der Waals surface area contributed by atoms with Crippen molar-refractivity contribution >= 4 is 6.29 Å². The first-order valence-corrected chi connectivity index (χ1v) is 5.15. The second-order valence-corrected chi connectivity index (χ2v) is 3.76. The number of likely N-dealkylation sites (tertiary alicyclic amines) is 1. The topological polar surface area (TPSA) is 33.5 Å². The van der Waals surface area contributed by atoms with Crippen LogP contribution in [0.1, 0.15) is 35.6 Å². The molecule has 14 heavy (non-hydrogen) atoms. The summed E-state index contributed by atoms with van der Waals surface area (Å²) in [6.45, 7) is 3.14. The lowest BCUT2D eigenvalue weighted by Gasteiger charge is -2.25. The van der Waals surface area contributed by atoms with Gasteiger partial charge >= 0.3 is 0 Å². The van der Waals surface area contributed by atoms with Crippen molar-refractivity contribution in [3.63, 3.8) is 0 Å². The second kappa shape index (κ2) is 4.42. The molecule has 0 saturated carbocycles. The van der Waals surface area contributed by atoms with E-state index in [0.717, 1.165) is 31.7 Å². The van der Waals surface area contributed by atoms with Crippen LogP contribution in [-0.2, 0) is 6.54 Å². The number of piperidine rings is 1. The summed E-state index contributed by atoms with van der Waals surface area (Å²) in [7, 11) is 0. The van der Waals surface area contributed by atoms with Crippen molar-refractivity contribution < 1.29 is 9.21 Å². The van der Waals surface area contributed by atoms with E-state index >= 15 is 0 Å². The van der Waals surface area contributed by atoms with Gasteiger partial charge in [0, 0.05) is 0 Å². The van der Waals surface area contributed by atoms with E-state index in [1.54, 1.807) is 6.07 Å². The third-order valence-electron chi connectivity index (χ3n) is 2.63. The lowest BCUT2D eigenvalue weighted by Crippen LogP contribution is -2.28. The highest BCUT2D eigenvalue weighted by Crippen LogP contribution is 2.14. The normalized spacial score (nSPS) is 18.3. The first kappa shape index (κ1) is 9.46. The predicted octanol–water partition coefficient (Wildman–Crippen LogP) is 2.08. The van der Waals surface area contributed by atoms with Crippen LogP contribution in [0.15, 0.2) is 16.5 Å². The Hall–Kier alpha value is -1.09. The van der Waals surface area contributed by atoms with Gasteiger partial charge < -0.3 is 4.42 Å². The molecule has 1 aliphatic rings. The highest BCUT2D eigenvalue weighted by molar-refractivity contribution is 5.70. The number of rotatable bonds is 3. The molecule has 0 N–H and O–H groups in total. The Morgan fingerprint density at radius 1 is 1.29 bits per heavy atom. The molecule has 76 valence electrons. The molecule has 1 fully saturated rings. The van der Waals surface area contributed by atoms with E-state index in [2.05, 4.69) is 4.90 Å². The fourth-order valence-electron chi connectivity index (χ4n) is 1.88. The fraction of sp³-hybridized carbons (Fsp3) is 0.545. The Labute approximate surface area is 83.7 Å². The van der Waals surface area contributed by atoms with Gasteiger partial charge in [0.05, 0.1) is 6.54 Å². The Balaban J connectivity index is 1.92. The number of hydrogen-bond acceptors (Lipinski definition) is 3. The number of nitrogens with zero attached hydrogens (tertiary/aromatic N) is 1. The van der Waals surface area contributed by atoms with Gasteiger partial charge in [0.25, 0.3) is 0 Å². The third-order valence-corrected chi connectivity index (χ3v) is 2.63. The maximum Gasteiger partial charge on any atom is 0.185 e. The van der Waals surface area contributed by atoms with Gasteiger partial charge in [-0.3, -0.25) is 9.69 Å². The van der Waals surface area contributed by atoms with Gasteiger partial charge in [0.1, 0.15) is 5.76 Å². The molecule has 1 aliphatic heterocycles. The lowest BCUT2D eigenvalue weighted by atomic mass is 10.1. The Morgan fingerprint density at radius 3 is 2.71 bits per heavy atom. The fourth-order valence-corrected chi connectivity index (χ4v) is 1.88. The van der Waals surface area contributed by atoms with Crippen molar-refractivity contribution in [1.29, 1.82) is 0 Å². The van der Waals surface area contributed by atoms with E-state index < -0.39 is 0 Å². The van der Waals surface area contributed by atoms with E-state index in [1.165, 1.54) is 19.3 Å². The van der Waals surface area contributed by atoms with Gasteiger partial charge in [0.2, 0.25) is 0 Å². The molecule has 0 radical (unpaired) electrons. The van der Waals surface area contributed by atoms with Gasteiger partial charge in [-0.25, -0.2) is 0 Å². The van der Waals surface area contributed by atoms with Crippen molar-refractivity contribution in [3.8, 4) is 0 Å². The Morgan fingerprint density at radius 2 is 2.07 bits per heavy atom. The summed E-state index contributed by atoms with van der Waals surface area (Å²) in [5.74, 6) is 1.33. The van der Waals surface area contributed by atoms with Crippen LogP contribution >= 0.6 is 0 Å². The van der Waals surface area contributed by atoms with Crippen LogP contribution in [-0.4, -0.2) is 24.3 Å². The van der Waals surface area contributed by atoms with Crippen LogP contribution in [0.5, 0.6) is 0 Å². The molecule has 0 unspecified atom stereocenters. The first-order chi connectivity index (χ1) is 6.88. The molecule has 0 spiro atoms. The zero-order chi connectivity index (χ0) is 9.80. The number of hydrogen-bond donors (Lipinski definition) is 0. The quantitative estimate of drug-likeness (QED) is 0.689.